The van der Waals surface area contributed by atoms with Crippen molar-refractivity contribution in [3.8, 4) is 11.5 Å². The summed E-state index contributed by atoms with van der Waals surface area (Å²) in [5.74, 6) is -0.429. The van der Waals surface area contributed by atoms with E-state index in [0.717, 1.165) is 22.2 Å². The number of amides is 1. The van der Waals surface area contributed by atoms with Crippen LogP contribution in [0.4, 0.5) is 13.2 Å². The fourth-order valence-corrected chi connectivity index (χ4v) is 4.36. The quantitative estimate of drug-likeness (QED) is 0.274. The second kappa shape index (κ2) is 12.5. The number of halogens is 4. The number of primary amides is 1. The van der Waals surface area contributed by atoms with Gasteiger partial charge in [0.25, 0.3) is 5.91 Å². The average molecular weight is 542 g/mol. The number of aryl methyl sites for hydroxylation is 2. The summed E-state index contributed by atoms with van der Waals surface area (Å²) in [6.07, 6.45) is -3.29. The minimum Gasteiger partial charge on any atom is -0.488 e. The van der Waals surface area contributed by atoms with Crippen LogP contribution < -0.4 is 20.5 Å². The van der Waals surface area contributed by atoms with E-state index in [0.29, 0.717) is 36.5 Å². The third kappa shape index (κ3) is 8.02. The summed E-state index contributed by atoms with van der Waals surface area (Å²) in [6, 6.07) is 9.99. The van der Waals surface area contributed by atoms with Crippen LogP contribution in [0.2, 0.25) is 5.02 Å². The lowest BCUT2D eigenvalue weighted by atomic mass is 10.0. The fraction of sp³-hybridized carbons (Fsp3) is 0.423. The largest absolute Gasteiger partial charge is 0.488 e. The van der Waals surface area contributed by atoms with Crippen LogP contribution in [0.3, 0.4) is 0 Å². The molecule has 3 aromatic rings. The second-order valence-electron chi connectivity index (χ2n) is 8.86. The summed E-state index contributed by atoms with van der Waals surface area (Å²) in [5, 5.41) is 13.7. The molecule has 1 heterocycles. The van der Waals surface area contributed by atoms with Gasteiger partial charge in [0.15, 0.2) is 18.1 Å². The van der Waals surface area contributed by atoms with Crippen molar-refractivity contribution in [2.75, 3.05) is 26.4 Å². The summed E-state index contributed by atoms with van der Waals surface area (Å²) in [4.78, 5) is 12.2. The Hall–Kier alpha value is -2.95. The molecule has 0 unspecified atom stereocenters. The van der Waals surface area contributed by atoms with E-state index in [-0.39, 0.29) is 30.8 Å². The van der Waals surface area contributed by atoms with Gasteiger partial charge in [-0.05, 0) is 62.6 Å². The zero-order chi connectivity index (χ0) is 27.2. The number of benzene rings is 2. The van der Waals surface area contributed by atoms with Gasteiger partial charge >= 0.3 is 6.18 Å². The molecule has 0 aliphatic carbocycles. The standard InChI is InChI=1S/C26H31ClF3N3O4/c1-16(32-6-9-36-23-14-20(27)4-5-22(23)37-15-26(28,29)30)10-18-12-19-11-17(2)33(7-3-8-34)24(19)21(13-18)25(31)35/h4-5,11-14,16,32,34H,3,6-10,15H2,1-2H3,(H2,31,35)/t16-/m1/s1. The van der Waals surface area contributed by atoms with Crippen LogP contribution in [0.1, 0.15) is 35.0 Å². The van der Waals surface area contributed by atoms with Crippen LogP contribution in [0.5, 0.6) is 11.5 Å². The molecule has 202 valence electrons. The van der Waals surface area contributed by atoms with Crippen molar-refractivity contribution >= 4 is 28.4 Å². The van der Waals surface area contributed by atoms with Gasteiger partial charge in [-0.25, -0.2) is 0 Å². The first-order valence-electron chi connectivity index (χ1n) is 11.9. The molecule has 0 bridgehead atoms. The maximum atomic E-state index is 12.5. The third-order valence-corrected chi connectivity index (χ3v) is 5.99. The highest BCUT2D eigenvalue weighted by Gasteiger charge is 2.29. The molecule has 11 heteroatoms. The van der Waals surface area contributed by atoms with Crippen LogP contribution in [0, 0.1) is 6.92 Å². The summed E-state index contributed by atoms with van der Waals surface area (Å²) in [6.45, 7) is 3.71. The molecule has 7 nitrogen and oxygen atoms in total. The molecule has 0 saturated heterocycles. The van der Waals surface area contributed by atoms with Gasteiger partial charge in [0, 0.05) is 47.9 Å². The van der Waals surface area contributed by atoms with E-state index in [2.05, 4.69) is 5.32 Å². The number of rotatable bonds is 13. The van der Waals surface area contributed by atoms with Crippen molar-refractivity contribution in [2.24, 2.45) is 5.73 Å². The van der Waals surface area contributed by atoms with Gasteiger partial charge in [0.1, 0.15) is 6.61 Å². The number of nitrogens with one attached hydrogen (secondary N) is 1. The molecule has 0 fully saturated rings. The number of ether oxygens (including phenoxy) is 2. The molecule has 0 radical (unpaired) electrons. The Labute approximate surface area is 218 Å². The summed E-state index contributed by atoms with van der Waals surface area (Å²) in [5.41, 5.74) is 8.80. The van der Waals surface area contributed by atoms with Crippen LogP contribution in [0.25, 0.3) is 10.9 Å². The lowest BCUT2D eigenvalue weighted by Gasteiger charge is -2.17. The van der Waals surface area contributed by atoms with E-state index in [9.17, 15) is 23.1 Å². The number of nitrogens with zero attached hydrogens (tertiary/aromatic N) is 1. The number of carbonyl (C=O) groups excluding carboxylic acids is 1. The van der Waals surface area contributed by atoms with Crippen LogP contribution in [-0.2, 0) is 13.0 Å². The SMILES string of the molecule is Cc1cc2cc(C[C@@H](C)NCCOc3cc(Cl)ccc3OCC(F)(F)F)cc(C(N)=O)c2n1CCCO. The van der Waals surface area contributed by atoms with E-state index in [4.69, 9.17) is 26.8 Å². The number of nitrogens with two attached hydrogens (primary N) is 1. The van der Waals surface area contributed by atoms with Crippen molar-refractivity contribution in [1.82, 2.24) is 9.88 Å². The molecule has 0 aliphatic heterocycles. The van der Waals surface area contributed by atoms with Crippen molar-refractivity contribution in [1.29, 1.82) is 0 Å². The van der Waals surface area contributed by atoms with Crippen LogP contribution >= 0.6 is 11.6 Å². The minimum atomic E-state index is -4.47. The Balaban J connectivity index is 1.62. The molecule has 0 spiro atoms. The van der Waals surface area contributed by atoms with Gasteiger partial charge in [0.05, 0.1) is 11.1 Å². The summed E-state index contributed by atoms with van der Waals surface area (Å²) in [7, 11) is 0. The van der Waals surface area contributed by atoms with E-state index in [1.54, 1.807) is 6.07 Å². The van der Waals surface area contributed by atoms with Gasteiger partial charge in [-0.2, -0.15) is 13.2 Å². The second-order valence-corrected chi connectivity index (χ2v) is 9.30. The first-order chi connectivity index (χ1) is 17.5. The van der Waals surface area contributed by atoms with E-state index >= 15 is 0 Å². The number of alkyl halides is 3. The highest BCUT2D eigenvalue weighted by Crippen LogP contribution is 2.32. The summed E-state index contributed by atoms with van der Waals surface area (Å²) >= 11 is 5.95. The lowest BCUT2D eigenvalue weighted by molar-refractivity contribution is -0.153. The molecule has 2 aromatic carbocycles. The first kappa shape index (κ1) is 28.6. The Morgan fingerprint density at radius 2 is 1.95 bits per heavy atom. The van der Waals surface area contributed by atoms with Crippen molar-refractivity contribution < 1.29 is 32.5 Å². The number of hydrogen-bond donors (Lipinski definition) is 3. The number of aliphatic hydroxyl groups excluding tert-OH is 1. The molecular formula is C26H31ClF3N3O4. The third-order valence-electron chi connectivity index (χ3n) is 5.76. The monoisotopic (exact) mass is 541 g/mol. The number of aromatic nitrogens is 1. The normalized spacial score (nSPS) is 12.6. The molecular weight excluding hydrogens is 511 g/mol. The molecule has 4 N–H and O–H groups in total. The molecule has 3 rings (SSSR count). The number of hydrogen-bond acceptors (Lipinski definition) is 5. The molecule has 1 aromatic heterocycles. The van der Waals surface area contributed by atoms with E-state index in [1.165, 1.54) is 18.2 Å². The molecule has 1 amide bonds. The Morgan fingerprint density at radius 1 is 1.19 bits per heavy atom. The molecule has 37 heavy (non-hydrogen) atoms. The zero-order valence-electron chi connectivity index (χ0n) is 20.7. The Morgan fingerprint density at radius 3 is 2.62 bits per heavy atom. The van der Waals surface area contributed by atoms with E-state index in [1.807, 2.05) is 30.5 Å². The molecule has 0 saturated carbocycles. The van der Waals surface area contributed by atoms with Gasteiger partial charge in [-0.15, -0.1) is 0 Å². The maximum absolute atomic E-state index is 12.5. The molecule has 0 aliphatic rings. The highest BCUT2D eigenvalue weighted by atomic mass is 35.5. The summed E-state index contributed by atoms with van der Waals surface area (Å²) < 4.78 is 50.0. The van der Waals surface area contributed by atoms with Crippen LogP contribution in [0.15, 0.2) is 36.4 Å². The topological polar surface area (TPSA) is 98.7 Å². The predicted octanol–water partition coefficient (Wildman–Crippen LogP) is 4.63. The van der Waals surface area contributed by atoms with Gasteiger partial charge in [0.2, 0.25) is 0 Å². The van der Waals surface area contributed by atoms with Crippen molar-refractivity contribution in [3.63, 3.8) is 0 Å². The number of aliphatic hydroxyl groups is 1. The number of fused-ring (bicyclic) bond motifs is 1. The fourth-order valence-electron chi connectivity index (χ4n) is 4.20. The van der Waals surface area contributed by atoms with E-state index < -0.39 is 18.7 Å². The van der Waals surface area contributed by atoms with Crippen LogP contribution in [-0.4, -0.2) is 54.2 Å². The lowest BCUT2D eigenvalue weighted by Crippen LogP contribution is -2.32. The van der Waals surface area contributed by atoms with Gasteiger partial charge < -0.3 is 30.2 Å². The Kier molecular flexibility index (Phi) is 9.69. The maximum Gasteiger partial charge on any atom is 0.422 e. The van der Waals surface area contributed by atoms with Crippen molar-refractivity contribution in [3.05, 3.63) is 58.2 Å². The highest BCUT2D eigenvalue weighted by molar-refractivity contribution is 6.30. The average Bonchev–Trinajstić information content (AvgIpc) is 3.13. The van der Waals surface area contributed by atoms with Gasteiger partial charge in [-0.1, -0.05) is 11.6 Å². The first-order valence-corrected chi connectivity index (χ1v) is 12.2. The predicted molar refractivity (Wildman–Crippen MR) is 137 cm³/mol. The number of carbonyl (C=O) groups is 1. The smallest absolute Gasteiger partial charge is 0.422 e. The van der Waals surface area contributed by atoms with Crippen molar-refractivity contribution in [2.45, 2.75) is 45.5 Å². The van der Waals surface area contributed by atoms with Gasteiger partial charge in [-0.3, -0.25) is 4.79 Å². The zero-order valence-corrected chi connectivity index (χ0v) is 21.5. The Bertz CT molecular complexity index is 1230. The molecule has 1 atom stereocenters. The minimum absolute atomic E-state index is 0.000316.